The van der Waals surface area contributed by atoms with Crippen LogP contribution in [0.3, 0.4) is 0 Å². The van der Waals surface area contributed by atoms with Crippen LogP contribution in [0, 0.1) is 5.92 Å². The Morgan fingerprint density at radius 1 is 1.40 bits per heavy atom. The minimum atomic E-state index is -0.503. The number of nitrogens with two attached hydrogens (primary N) is 1. The zero-order valence-electron chi connectivity index (χ0n) is 13.1. The Bertz CT molecular complexity index is 378. The number of ether oxygens (including phenoxy) is 2. The fourth-order valence-electron chi connectivity index (χ4n) is 1.94. The highest BCUT2D eigenvalue weighted by molar-refractivity contribution is 5.76. The maximum atomic E-state index is 12.0. The normalized spacial score (nSPS) is 24.6. The van der Waals surface area contributed by atoms with Crippen molar-refractivity contribution in [1.29, 1.82) is 0 Å². The molecule has 1 saturated heterocycles. The molecule has 0 bridgehead atoms. The molecule has 0 aromatic heterocycles. The van der Waals surface area contributed by atoms with Gasteiger partial charge in [0.1, 0.15) is 5.60 Å². The molecule has 2 unspecified atom stereocenters. The number of carbonyl (C=O) groups is 2. The van der Waals surface area contributed by atoms with Gasteiger partial charge in [0.2, 0.25) is 5.91 Å². The van der Waals surface area contributed by atoms with E-state index < -0.39 is 11.2 Å². The molecule has 20 heavy (non-hydrogen) atoms. The zero-order valence-corrected chi connectivity index (χ0v) is 13.1. The van der Waals surface area contributed by atoms with Crippen LogP contribution in [-0.2, 0) is 14.3 Å². The summed E-state index contributed by atoms with van der Waals surface area (Å²) in [6.07, 6.45) is 0.394. The summed E-state index contributed by atoms with van der Waals surface area (Å²) in [6.45, 7) is 10.5. The molecular weight excluding hydrogens is 260 g/mol. The quantitative estimate of drug-likeness (QED) is 0.849. The van der Waals surface area contributed by atoms with Crippen molar-refractivity contribution in [1.82, 2.24) is 4.90 Å². The molecule has 0 spiro atoms. The maximum Gasteiger partial charge on any atom is 0.410 e. The van der Waals surface area contributed by atoms with Crippen molar-refractivity contribution in [2.45, 2.75) is 52.2 Å². The molecule has 2 atom stereocenters. The summed E-state index contributed by atoms with van der Waals surface area (Å²) >= 11 is 0. The van der Waals surface area contributed by atoms with Crippen molar-refractivity contribution in [3.05, 3.63) is 0 Å². The van der Waals surface area contributed by atoms with Gasteiger partial charge in [-0.1, -0.05) is 6.92 Å². The number of likely N-dealkylation sites (tertiary alicyclic amines) is 1. The predicted molar refractivity (Wildman–Crippen MR) is 75.1 cm³/mol. The Kier molecular flexibility index (Phi) is 5.02. The van der Waals surface area contributed by atoms with E-state index in [9.17, 15) is 9.59 Å². The summed E-state index contributed by atoms with van der Waals surface area (Å²) in [5, 5.41) is 0. The lowest BCUT2D eigenvalue weighted by molar-refractivity contribution is -0.125. The molecule has 116 valence electrons. The van der Waals surface area contributed by atoms with E-state index in [0.29, 0.717) is 13.1 Å². The lowest BCUT2D eigenvalue weighted by atomic mass is 10.1. The molecule has 1 heterocycles. The smallest absolute Gasteiger partial charge is 0.410 e. The first-order chi connectivity index (χ1) is 9.02. The van der Waals surface area contributed by atoms with Gasteiger partial charge in [-0.25, -0.2) is 4.79 Å². The van der Waals surface area contributed by atoms with Gasteiger partial charge in [0.15, 0.2) is 0 Å². The van der Waals surface area contributed by atoms with E-state index in [1.54, 1.807) is 11.8 Å². The number of rotatable bonds is 4. The van der Waals surface area contributed by atoms with Gasteiger partial charge in [-0.15, -0.1) is 0 Å². The first kappa shape index (κ1) is 16.8. The summed E-state index contributed by atoms with van der Waals surface area (Å²) < 4.78 is 11.1. The minimum Gasteiger partial charge on any atom is -0.444 e. The Labute approximate surface area is 120 Å². The average molecular weight is 286 g/mol. The second kappa shape index (κ2) is 5.99. The van der Waals surface area contributed by atoms with Crippen LogP contribution < -0.4 is 5.73 Å². The third kappa shape index (κ3) is 5.00. The molecule has 1 aliphatic rings. The summed E-state index contributed by atoms with van der Waals surface area (Å²) in [7, 11) is 0. The topological polar surface area (TPSA) is 81.9 Å². The van der Waals surface area contributed by atoms with Crippen LogP contribution in [0.4, 0.5) is 4.79 Å². The second-order valence-electron chi connectivity index (χ2n) is 6.72. The lowest BCUT2D eigenvalue weighted by Gasteiger charge is -2.28. The van der Waals surface area contributed by atoms with Gasteiger partial charge in [-0.2, -0.15) is 0 Å². The van der Waals surface area contributed by atoms with Crippen LogP contribution in [0.15, 0.2) is 0 Å². The first-order valence-corrected chi connectivity index (χ1v) is 6.94. The molecule has 1 rings (SSSR count). The van der Waals surface area contributed by atoms with Crippen LogP contribution in [0.2, 0.25) is 0 Å². The van der Waals surface area contributed by atoms with Crippen LogP contribution in [0.5, 0.6) is 0 Å². The molecular formula is C14H26N2O4. The lowest BCUT2D eigenvalue weighted by Crippen LogP contribution is -2.40. The van der Waals surface area contributed by atoms with Crippen molar-refractivity contribution < 1.29 is 19.1 Å². The highest BCUT2D eigenvalue weighted by Gasteiger charge is 2.39. The average Bonchev–Trinajstić information content (AvgIpc) is 2.67. The van der Waals surface area contributed by atoms with Crippen LogP contribution in [-0.4, -0.2) is 47.8 Å². The molecule has 2 amide bonds. The van der Waals surface area contributed by atoms with Crippen molar-refractivity contribution >= 4 is 12.0 Å². The van der Waals surface area contributed by atoms with Gasteiger partial charge in [-0.3, -0.25) is 4.79 Å². The second-order valence-corrected chi connectivity index (χ2v) is 6.72. The molecule has 0 aromatic rings. The van der Waals surface area contributed by atoms with E-state index in [1.165, 1.54) is 0 Å². The number of carbonyl (C=O) groups excluding carboxylic acids is 2. The largest absolute Gasteiger partial charge is 0.444 e. The Hall–Kier alpha value is -1.30. The summed E-state index contributed by atoms with van der Waals surface area (Å²) in [5.41, 5.74) is 4.26. The summed E-state index contributed by atoms with van der Waals surface area (Å²) in [6, 6.07) is 0. The highest BCUT2D eigenvalue weighted by atomic mass is 16.6. The third-order valence-electron chi connectivity index (χ3n) is 3.26. The van der Waals surface area contributed by atoms with Crippen LogP contribution in [0.1, 0.15) is 41.0 Å². The number of hydrogen-bond donors (Lipinski definition) is 1. The molecule has 2 N–H and O–H groups in total. The van der Waals surface area contributed by atoms with E-state index in [-0.39, 0.29) is 24.5 Å². The van der Waals surface area contributed by atoms with E-state index in [0.717, 1.165) is 6.42 Å². The molecule has 6 heteroatoms. The van der Waals surface area contributed by atoms with Gasteiger partial charge in [-0.05, 0) is 34.1 Å². The fourth-order valence-corrected chi connectivity index (χ4v) is 1.94. The van der Waals surface area contributed by atoms with Crippen molar-refractivity contribution in [2.75, 3.05) is 19.7 Å². The van der Waals surface area contributed by atoms with E-state index in [4.69, 9.17) is 15.2 Å². The zero-order chi connectivity index (χ0) is 15.6. The fraction of sp³-hybridized carbons (Fsp3) is 0.857. The van der Waals surface area contributed by atoms with Crippen molar-refractivity contribution in [3.8, 4) is 0 Å². The van der Waals surface area contributed by atoms with Crippen LogP contribution in [0.25, 0.3) is 0 Å². The Morgan fingerprint density at radius 3 is 2.50 bits per heavy atom. The van der Waals surface area contributed by atoms with E-state index in [2.05, 4.69) is 0 Å². The summed E-state index contributed by atoms with van der Waals surface area (Å²) in [5.74, 6) is -0.710. The highest BCUT2D eigenvalue weighted by Crippen LogP contribution is 2.27. The molecule has 1 fully saturated rings. The molecule has 6 nitrogen and oxygen atoms in total. The molecule has 0 aliphatic carbocycles. The number of hydrogen-bond acceptors (Lipinski definition) is 4. The Morgan fingerprint density at radius 2 is 2.00 bits per heavy atom. The number of primary amides is 1. The van der Waals surface area contributed by atoms with E-state index >= 15 is 0 Å². The molecule has 0 radical (unpaired) electrons. The first-order valence-electron chi connectivity index (χ1n) is 6.94. The monoisotopic (exact) mass is 286 g/mol. The molecule has 0 aromatic carbocycles. The number of amides is 2. The SMILES string of the molecule is CC(COC1(C)CCN(C(=O)OC(C)(C)C)C1)C(N)=O. The van der Waals surface area contributed by atoms with Gasteiger partial charge < -0.3 is 20.1 Å². The molecule has 1 aliphatic heterocycles. The van der Waals surface area contributed by atoms with Gasteiger partial charge in [0, 0.05) is 6.54 Å². The summed E-state index contributed by atoms with van der Waals surface area (Å²) in [4.78, 5) is 24.6. The maximum absolute atomic E-state index is 12.0. The minimum absolute atomic E-state index is 0.272. The number of nitrogens with zero attached hydrogens (tertiary/aromatic N) is 1. The van der Waals surface area contributed by atoms with Crippen molar-refractivity contribution in [3.63, 3.8) is 0 Å². The van der Waals surface area contributed by atoms with Crippen LogP contribution >= 0.6 is 0 Å². The van der Waals surface area contributed by atoms with Crippen molar-refractivity contribution in [2.24, 2.45) is 11.7 Å². The molecule has 0 saturated carbocycles. The predicted octanol–water partition coefficient (Wildman–Crippen LogP) is 1.52. The Balaban J connectivity index is 2.49. The van der Waals surface area contributed by atoms with Gasteiger partial charge in [0.25, 0.3) is 0 Å². The van der Waals surface area contributed by atoms with Gasteiger partial charge >= 0.3 is 6.09 Å². The van der Waals surface area contributed by atoms with Gasteiger partial charge in [0.05, 0.1) is 24.7 Å². The van der Waals surface area contributed by atoms with E-state index in [1.807, 2.05) is 27.7 Å². The third-order valence-corrected chi connectivity index (χ3v) is 3.26. The standard InChI is InChI=1S/C14H26N2O4/c1-10(11(15)17)8-19-14(5)6-7-16(9-14)12(18)20-13(2,3)4/h10H,6-9H2,1-5H3,(H2,15,17).